The van der Waals surface area contributed by atoms with Crippen molar-refractivity contribution in [1.82, 2.24) is 4.57 Å². The van der Waals surface area contributed by atoms with Gasteiger partial charge in [0.25, 0.3) is 5.79 Å². The van der Waals surface area contributed by atoms with Gasteiger partial charge >= 0.3 is 17.7 Å². The summed E-state index contributed by atoms with van der Waals surface area (Å²) in [5.41, 5.74) is 1.33. The van der Waals surface area contributed by atoms with Crippen LogP contribution in [0.15, 0.2) is 39.2 Å². The van der Waals surface area contributed by atoms with Crippen LogP contribution in [-0.4, -0.2) is 22.3 Å². The Labute approximate surface area is 130 Å². The summed E-state index contributed by atoms with van der Waals surface area (Å²) in [4.78, 5) is 35.1. The lowest BCUT2D eigenvalue weighted by Crippen LogP contribution is -2.42. The molecule has 0 spiro atoms. The van der Waals surface area contributed by atoms with Crippen LogP contribution in [0.5, 0.6) is 0 Å². The minimum atomic E-state index is -1.28. The summed E-state index contributed by atoms with van der Waals surface area (Å²) in [6, 6.07) is 4.91. The number of hydrogen-bond acceptors (Lipinski definition) is 7. The predicted molar refractivity (Wildman–Crippen MR) is 79.4 cm³/mol. The minimum Gasteiger partial charge on any atom is -0.419 e. The number of anilines is 1. The molecule has 1 aromatic carbocycles. The molecule has 23 heavy (non-hydrogen) atoms. The van der Waals surface area contributed by atoms with Gasteiger partial charge in [0.2, 0.25) is 0 Å². The molecule has 1 N–H and O–H groups in total. The first-order valence-corrected chi connectivity index (χ1v) is 6.80. The average Bonchev–Trinajstić information content (AvgIpc) is 2.72. The number of oxazole rings is 1. The van der Waals surface area contributed by atoms with Gasteiger partial charge in [-0.3, -0.25) is 4.57 Å². The van der Waals surface area contributed by atoms with E-state index >= 15 is 0 Å². The van der Waals surface area contributed by atoms with Gasteiger partial charge in [-0.25, -0.2) is 14.4 Å². The second kappa shape index (κ2) is 5.01. The number of fused-ring (bicyclic) bond motifs is 1. The molecule has 1 fully saturated rings. The molecule has 0 atom stereocenters. The monoisotopic (exact) mass is 318 g/mol. The SMILES string of the molecule is Cn1c(=O)oc2ccc(NC=C3C(=O)OC(C)(C)OC3=O)cc21. The van der Waals surface area contributed by atoms with Gasteiger partial charge in [0.15, 0.2) is 11.2 Å². The maximum absolute atomic E-state index is 11.8. The van der Waals surface area contributed by atoms with Crippen molar-refractivity contribution in [3.63, 3.8) is 0 Å². The highest BCUT2D eigenvalue weighted by molar-refractivity contribution is 6.15. The first kappa shape index (κ1) is 14.9. The number of hydrogen-bond donors (Lipinski definition) is 1. The Bertz CT molecular complexity index is 880. The zero-order valence-electron chi connectivity index (χ0n) is 12.7. The molecular weight excluding hydrogens is 304 g/mol. The van der Waals surface area contributed by atoms with Gasteiger partial charge in [0.1, 0.15) is 0 Å². The predicted octanol–water partition coefficient (Wildman–Crippen LogP) is 1.26. The van der Waals surface area contributed by atoms with Gasteiger partial charge < -0.3 is 19.2 Å². The highest BCUT2D eigenvalue weighted by atomic mass is 16.7. The molecule has 0 aliphatic carbocycles. The van der Waals surface area contributed by atoms with Crippen LogP contribution in [0.1, 0.15) is 13.8 Å². The largest absolute Gasteiger partial charge is 0.419 e. The summed E-state index contributed by atoms with van der Waals surface area (Å²) >= 11 is 0. The summed E-state index contributed by atoms with van der Waals surface area (Å²) in [5, 5.41) is 2.81. The van der Waals surface area contributed by atoms with Crippen molar-refractivity contribution in [2.45, 2.75) is 19.6 Å². The number of nitrogens with zero attached hydrogens (tertiary/aromatic N) is 1. The summed E-state index contributed by atoms with van der Waals surface area (Å²) in [7, 11) is 1.58. The molecule has 0 unspecified atom stereocenters. The second-order valence-electron chi connectivity index (χ2n) is 5.49. The fourth-order valence-electron chi connectivity index (χ4n) is 2.15. The number of nitrogens with one attached hydrogen (secondary N) is 1. The topological polar surface area (TPSA) is 99.8 Å². The van der Waals surface area contributed by atoms with Crippen LogP contribution in [0.4, 0.5) is 5.69 Å². The van der Waals surface area contributed by atoms with Gasteiger partial charge in [0, 0.05) is 32.8 Å². The lowest BCUT2D eigenvalue weighted by atomic mass is 10.2. The molecule has 1 saturated heterocycles. The second-order valence-corrected chi connectivity index (χ2v) is 5.49. The smallest absolute Gasteiger partial charge is 0.419 e. The molecule has 120 valence electrons. The van der Waals surface area contributed by atoms with E-state index in [1.54, 1.807) is 25.2 Å². The van der Waals surface area contributed by atoms with E-state index in [2.05, 4.69) is 5.32 Å². The van der Waals surface area contributed by atoms with Gasteiger partial charge in [-0.05, 0) is 18.2 Å². The Morgan fingerprint density at radius 3 is 2.43 bits per heavy atom. The summed E-state index contributed by atoms with van der Waals surface area (Å²) < 4.78 is 16.3. The van der Waals surface area contributed by atoms with E-state index in [1.807, 2.05) is 0 Å². The molecule has 0 radical (unpaired) electrons. The van der Waals surface area contributed by atoms with E-state index in [9.17, 15) is 14.4 Å². The number of carbonyl (C=O) groups excluding carboxylic acids is 2. The van der Waals surface area contributed by atoms with E-state index in [-0.39, 0.29) is 5.57 Å². The Hall–Kier alpha value is -3.03. The van der Waals surface area contributed by atoms with Crippen LogP contribution in [0, 0.1) is 0 Å². The fraction of sp³-hybridized carbons (Fsp3) is 0.267. The van der Waals surface area contributed by atoms with Crippen LogP contribution in [-0.2, 0) is 26.1 Å². The average molecular weight is 318 g/mol. The zero-order chi connectivity index (χ0) is 16.8. The number of rotatable bonds is 2. The van der Waals surface area contributed by atoms with Crippen molar-refractivity contribution in [3.05, 3.63) is 40.5 Å². The van der Waals surface area contributed by atoms with Crippen molar-refractivity contribution in [3.8, 4) is 0 Å². The van der Waals surface area contributed by atoms with Gasteiger partial charge in [0.05, 0.1) is 5.52 Å². The first-order chi connectivity index (χ1) is 10.8. The number of carbonyl (C=O) groups is 2. The number of esters is 2. The lowest BCUT2D eigenvalue weighted by Gasteiger charge is -2.29. The van der Waals surface area contributed by atoms with Crippen molar-refractivity contribution in [1.29, 1.82) is 0 Å². The Balaban J connectivity index is 1.88. The van der Waals surface area contributed by atoms with Crippen molar-refractivity contribution < 1.29 is 23.5 Å². The van der Waals surface area contributed by atoms with Crippen LogP contribution in [0.2, 0.25) is 0 Å². The molecule has 0 saturated carbocycles. The normalized spacial score (nSPS) is 16.9. The van der Waals surface area contributed by atoms with Crippen LogP contribution in [0.25, 0.3) is 11.1 Å². The van der Waals surface area contributed by atoms with Gasteiger partial charge in [-0.1, -0.05) is 0 Å². The van der Waals surface area contributed by atoms with E-state index in [1.165, 1.54) is 24.6 Å². The molecule has 2 aromatic rings. The third-order valence-electron chi connectivity index (χ3n) is 3.29. The lowest BCUT2D eigenvalue weighted by molar-refractivity contribution is -0.222. The first-order valence-electron chi connectivity index (χ1n) is 6.80. The minimum absolute atomic E-state index is 0.245. The number of aryl methyl sites for hydroxylation is 1. The number of cyclic esters (lactones) is 2. The Morgan fingerprint density at radius 2 is 1.78 bits per heavy atom. The van der Waals surface area contributed by atoms with Crippen LogP contribution >= 0.6 is 0 Å². The third kappa shape index (κ3) is 2.70. The standard InChI is InChI=1S/C15H14N2O6/c1-15(2)22-12(18)9(13(19)23-15)7-16-8-4-5-11-10(6-8)17(3)14(20)21-11/h4-7,16H,1-3H3. The highest BCUT2D eigenvalue weighted by Gasteiger charge is 2.38. The summed E-state index contributed by atoms with van der Waals surface area (Å²) in [6.07, 6.45) is 1.21. The molecule has 1 aromatic heterocycles. The van der Waals surface area contributed by atoms with Crippen molar-refractivity contribution in [2.75, 3.05) is 5.32 Å². The zero-order valence-corrected chi connectivity index (χ0v) is 12.7. The third-order valence-corrected chi connectivity index (χ3v) is 3.29. The molecule has 2 heterocycles. The van der Waals surface area contributed by atoms with E-state index in [0.29, 0.717) is 16.8 Å². The maximum atomic E-state index is 11.8. The number of aromatic nitrogens is 1. The maximum Gasteiger partial charge on any atom is 0.419 e. The molecule has 0 amide bonds. The number of ether oxygens (including phenoxy) is 2. The molecule has 3 rings (SSSR count). The van der Waals surface area contributed by atoms with Crippen molar-refractivity contribution >= 4 is 28.7 Å². The molecule has 1 aliphatic rings. The van der Waals surface area contributed by atoms with E-state index in [4.69, 9.17) is 13.9 Å². The Kier molecular flexibility index (Phi) is 3.24. The number of benzene rings is 1. The summed E-state index contributed by atoms with van der Waals surface area (Å²) in [5.74, 6) is -3.29. The van der Waals surface area contributed by atoms with Crippen LogP contribution < -0.4 is 11.1 Å². The van der Waals surface area contributed by atoms with E-state index < -0.39 is 23.5 Å². The molecule has 8 nitrogen and oxygen atoms in total. The van der Waals surface area contributed by atoms with Crippen LogP contribution in [0.3, 0.4) is 0 Å². The highest BCUT2D eigenvalue weighted by Crippen LogP contribution is 2.23. The molecule has 0 bridgehead atoms. The summed E-state index contributed by atoms with van der Waals surface area (Å²) in [6.45, 7) is 2.95. The fourth-order valence-corrected chi connectivity index (χ4v) is 2.15. The van der Waals surface area contributed by atoms with E-state index in [0.717, 1.165) is 0 Å². The van der Waals surface area contributed by atoms with Gasteiger partial charge in [-0.2, -0.15) is 0 Å². The van der Waals surface area contributed by atoms with Gasteiger partial charge in [-0.15, -0.1) is 0 Å². The quantitative estimate of drug-likeness (QED) is 0.505. The molecular formula is C15H14N2O6. The molecule has 8 heteroatoms. The molecule has 1 aliphatic heterocycles. The Morgan fingerprint density at radius 1 is 1.13 bits per heavy atom. The van der Waals surface area contributed by atoms with Crippen molar-refractivity contribution in [2.24, 2.45) is 7.05 Å².